The van der Waals surface area contributed by atoms with Crippen LogP contribution < -0.4 is 5.73 Å². The molecule has 22 heavy (non-hydrogen) atoms. The van der Waals surface area contributed by atoms with Gasteiger partial charge >= 0.3 is 0 Å². The maximum Gasteiger partial charge on any atom is 0.191 e. The Hall–Kier alpha value is -0.890. The Balaban J connectivity index is 0.00000242. The number of hydrogen-bond acceptors (Lipinski definition) is 2. The number of likely N-dealkylation sites (tertiary alicyclic amines) is 1. The van der Waals surface area contributed by atoms with E-state index >= 15 is 0 Å². The van der Waals surface area contributed by atoms with Gasteiger partial charge in [0.15, 0.2) is 5.96 Å². The van der Waals surface area contributed by atoms with E-state index in [1.807, 2.05) is 0 Å². The van der Waals surface area contributed by atoms with Crippen molar-refractivity contribution >= 4 is 29.9 Å². The van der Waals surface area contributed by atoms with Crippen molar-refractivity contribution in [2.24, 2.45) is 10.7 Å². The quantitative estimate of drug-likeness (QED) is 0.461. The summed E-state index contributed by atoms with van der Waals surface area (Å²) in [6.07, 6.45) is 4.87. The van der Waals surface area contributed by atoms with Gasteiger partial charge in [0.2, 0.25) is 0 Å². The Labute approximate surface area is 148 Å². The van der Waals surface area contributed by atoms with Gasteiger partial charge in [-0.05, 0) is 30.5 Å². The van der Waals surface area contributed by atoms with Crippen LogP contribution >= 0.6 is 24.0 Å². The highest BCUT2D eigenvalue weighted by Crippen LogP contribution is 2.13. The van der Waals surface area contributed by atoms with Crippen LogP contribution in [0.2, 0.25) is 0 Å². The van der Waals surface area contributed by atoms with Gasteiger partial charge in [-0.3, -0.25) is 0 Å². The van der Waals surface area contributed by atoms with Gasteiger partial charge in [0.1, 0.15) is 5.82 Å². The van der Waals surface area contributed by atoms with Crippen LogP contribution in [0.5, 0.6) is 0 Å². The molecule has 1 aromatic carbocycles. The van der Waals surface area contributed by atoms with Gasteiger partial charge in [0.25, 0.3) is 0 Å². The van der Waals surface area contributed by atoms with Crippen molar-refractivity contribution in [3.63, 3.8) is 0 Å². The summed E-state index contributed by atoms with van der Waals surface area (Å²) in [5.41, 5.74) is 7.57. The molecule has 124 valence electrons. The number of rotatable bonds is 4. The third-order valence-corrected chi connectivity index (χ3v) is 3.76. The van der Waals surface area contributed by atoms with Crippen molar-refractivity contribution in [3.05, 3.63) is 35.1 Å². The average Bonchev–Trinajstić information content (AvgIpc) is 2.77. The molecular formula is C16H25FIN3O. The number of aliphatic imine (C=N–C) groups is 1. The highest BCUT2D eigenvalue weighted by molar-refractivity contribution is 14.0. The normalized spacial score (nSPS) is 16.1. The lowest BCUT2D eigenvalue weighted by atomic mass is 10.1. The Morgan fingerprint density at radius 3 is 2.59 bits per heavy atom. The number of benzene rings is 1. The summed E-state index contributed by atoms with van der Waals surface area (Å²) in [6.45, 7) is 2.70. The lowest BCUT2D eigenvalue weighted by molar-refractivity contribution is 0.181. The maximum atomic E-state index is 13.5. The topological polar surface area (TPSA) is 50.9 Å². The molecule has 0 saturated carbocycles. The van der Waals surface area contributed by atoms with Gasteiger partial charge in [-0.1, -0.05) is 18.9 Å². The Kier molecular flexibility index (Phi) is 8.70. The summed E-state index contributed by atoms with van der Waals surface area (Å²) in [5, 5.41) is 0. The fourth-order valence-electron chi connectivity index (χ4n) is 2.56. The summed E-state index contributed by atoms with van der Waals surface area (Å²) < 4.78 is 18.5. The molecule has 1 aliphatic heterocycles. The molecule has 0 unspecified atom stereocenters. The highest BCUT2D eigenvalue weighted by atomic mass is 127. The lowest BCUT2D eigenvalue weighted by Crippen LogP contribution is -2.38. The average molecular weight is 421 g/mol. The number of hydrogen-bond donors (Lipinski definition) is 1. The van der Waals surface area contributed by atoms with Crippen LogP contribution in [-0.4, -0.2) is 31.1 Å². The van der Waals surface area contributed by atoms with Crippen LogP contribution in [0.4, 0.5) is 4.39 Å². The molecule has 0 aliphatic carbocycles. The molecule has 6 heteroatoms. The van der Waals surface area contributed by atoms with Gasteiger partial charge in [-0.15, -0.1) is 24.0 Å². The summed E-state index contributed by atoms with van der Waals surface area (Å²) in [7, 11) is 1.56. The predicted molar refractivity (Wildman–Crippen MR) is 97.9 cm³/mol. The number of ether oxygens (including phenoxy) is 1. The molecule has 0 bridgehead atoms. The summed E-state index contributed by atoms with van der Waals surface area (Å²) in [4.78, 5) is 6.59. The highest BCUT2D eigenvalue weighted by Gasteiger charge is 2.11. The number of methoxy groups -OCH3 is 1. The zero-order valence-corrected chi connectivity index (χ0v) is 15.4. The van der Waals surface area contributed by atoms with Gasteiger partial charge < -0.3 is 15.4 Å². The van der Waals surface area contributed by atoms with Crippen molar-refractivity contribution in [3.8, 4) is 0 Å². The molecule has 0 spiro atoms. The Bertz CT molecular complexity index is 488. The maximum absolute atomic E-state index is 13.5. The molecule has 1 saturated heterocycles. The van der Waals surface area contributed by atoms with E-state index in [4.69, 9.17) is 10.5 Å². The fourth-order valence-corrected chi connectivity index (χ4v) is 2.56. The molecule has 1 aliphatic rings. The first-order chi connectivity index (χ1) is 10.2. The second-order valence-corrected chi connectivity index (χ2v) is 5.43. The van der Waals surface area contributed by atoms with E-state index in [9.17, 15) is 4.39 Å². The second-order valence-electron chi connectivity index (χ2n) is 5.43. The SMILES string of the molecule is COCc1cc(CN=C(N)N2CCCCCC2)ccc1F.I. The van der Waals surface area contributed by atoms with Gasteiger partial charge in [-0.25, -0.2) is 9.38 Å². The molecular weight excluding hydrogens is 396 g/mol. The molecule has 1 aromatic rings. The van der Waals surface area contributed by atoms with Crippen LogP contribution in [0.1, 0.15) is 36.8 Å². The minimum atomic E-state index is -0.245. The summed E-state index contributed by atoms with van der Waals surface area (Å²) in [5.74, 6) is 0.347. The van der Waals surface area contributed by atoms with Crippen LogP contribution in [-0.2, 0) is 17.9 Å². The third-order valence-electron chi connectivity index (χ3n) is 3.76. The van der Waals surface area contributed by atoms with E-state index in [0.29, 0.717) is 18.1 Å². The molecule has 1 fully saturated rings. The molecule has 2 N–H and O–H groups in total. The van der Waals surface area contributed by atoms with Crippen molar-refractivity contribution in [1.29, 1.82) is 0 Å². The summed E-state index contributed by atoms with van der Waals surface area (Å²) in [6, 6.07) is 4.99. The van der Waals surface area contributed by atoms with Crippen LogP contribution in [0, 0.1) is 5.82 Å². The van der Waals surface area contributed by atoms with E-state index in [2.05, 4.69) is 9.89 Å². The zero-order chi connectivity index (χ0) is 15.1. The van der Waals surface area contributed by atoms with Crippen LogP contribution in [0.25, 0.3) is 0 Å². The largest absolute Gasteiger partial charge is 0.380 e. The van der Waals surface area contributed by atoms with E-state index in [1.165, 1.54) is 31.7 Å². The zero-order valence-electron chi connectivity index (χ0n) is 13.1. The standard InChI is InChI=1S/C16H24FN3O.HI/c1-21-12-14-10-13(6-7-15(14)17)11-19-16(18)20-8-4-2-3-5-9-20;/h6-7,10H,2-5,8-9,11-12H2,1H3,(H2,18,19);1H. The Morgan fingerprint density at radius 2 is 1.95 bits per heavy atom. The number of halogens is 2. The first-order valence-corrected chi connectivity index (χ1v) is 7.52. The molecule has 0 aromatic heterocycles. The van der Waals surface area contributed by atoms with Gasteiger partial charge in [0, 0.05) is 25.8 Å². The van der Waals surface area contributed by atoms with Gasteiger partial charge in [-0.2, -0.15) is 0 Å². The Morgan fingerprint density at radius 1 is 1.27 bits per heavy atom. The first kappa shape index (κ1) is 19.2. The van der Waals surface area contributed by atoms with Crippen LogP contribution in [0.3, 0.4) is 0 Å². The van der Waals surface area contributed by atoms with Crippen molar-refractivity contribution in [1.82, 2.24) is 4.90 Å². The molecule has 4 nitrogen and oxygen atoms in total. The third kappa shape index (κ3) is 5.72. The number of nitrogens with two attached hydrogens (primary N) is 1. The lowest BCUT2D eigenvalue weighted by Gasteiger charge is -2.21. The minimum Gasteiger partial charge on any atom is -0.380 e. The predicted octanol–water partition coefficient (Wildman–Crippen LogP) is 3.28. The molecule has 2 rings (SSSR count). The molecule has 0 amide bonds. The van der Waals surface area contributed by atoms with Crippen molar-refractivity contribution < 1.29 is 9.13 Å². The van der Waals surface area contributed by atoms with Crippen molar-refractivity contribution in [2.45, 2.75) is 38.8 Å². The van der Waals surface area contributed by atoms with Gasteiger partial charge in [0.05, 0.1) is 13.2 Å². The first-order valence-electron chi connectivity index (χ1n) is 7.52. The number of nitrogens with zero attached hydrogens (tertiary/aromatic N) is 2. The van der Waals surface area contributed by atoms with Crippen LogP contribution in [0.15, 0.2) is 23.2 Å². The van der Waals surface area contributed by atoms with Crippen molar-refractivity contribution in [2.75, 3.05) is 20.2 Å². The number of guanidine groups is 1. The van der Waals surface area contributed by atoms with E-state index in [1.54, 1.807) is 19.2 Å². The molecule has 0 radical (unpaired) electrons. The fraction of sp³-hybridized carbons (Fsp3) is 0.562. The van der Waals surface area contributed by atoms with E-state index in [0.717, 1.165) is 18.7 Å². The van der Waals surface area contributed by atoms with E-state index < -0.39 is 0 Å². The molecule has 0 atom stereocenters. The summed E-state index contributed by atoms with van der Waals surface area (Å²) >= 11 is 0. The second kappa shape index (κ2) is 9.99. The van der Waals surface area contributed by atoms with E-state index in [-0.39, 0.29) is 36.4 Å². The monoisotopic (exact) mass is 421 g/mol. The minimum absolute atomic E-state index is 0. The smallest absolute Gasteiger partial charge is 0.191 e. The molecule has 1 heterocycles.